The molecule has 0 saturated carbocycles. The molecule has 1 aliphatic rings. The Morgan fingerprint density at radius 3 is 2.28 bits per heavy atom. The molecule has 1 heterocycles. The van der Waals surface area contributed by atoms with Gasteiger partial charge in [0, 0.05) is 13.0 Å². The van der Waals surface area contributed by atoms with Crippen molar-refractivity contribution in [1.29, 1.82) is 0 Å². The van der Waals surface area contributed by atoms with E-state index in [1.807, 2.05) is 36.4 Å². The van der Waals surface area contributed by atoms with Crippen molar-refractivity contribution in [1.82, 2.24) is 15.5 Å². The van der Waals surface area contributed by atoms with E-state index < -0.39 is 30.1 Å². The van der Waals surface area contributed by atoms with Crippen LogP contribution in [0.15, 0.2) is 86.0 Å². The Balaban J connectivity index is 1.63. The number of likely N-dealkylation sites (tertiary alicyclic amines) is 1. The van der Waals surface area contributed by atoms with E-state index >= 15 is 0 Å². The zero-order chi connectivity index (χ0) is 31.0. The number of aliphatic hydroxyl groups excluding tert-OH is 1. The first-order chi connectivity index (χ1) is 20.9. The summed E-state index contributed by atoms with van der Waals surface area (Å²) in [6.45, 7) is 7.66. The van der Waals surface area contributed by atoms with E-state index in [4.69, 9.17) is 9.47 Å². The molecule has 0 aromatic heterocycles. The lowest BCUT2D eigenvalue weighted by atomic mass is 9.98. The van der Waals surface area contributed by atoms with Crippen molar-refractivity contribution >= 4 is 23.9 Å². The summed E-state index contributed by atoms with van der Waals surface area (Å²) < 4.78 is 10.8. The number of rotatable bonds is 16. The van der Waals surface area contributed by atoms with Crippen LogP contribution in [0.4, 0.5) is 4.79 Å². The van der Waals surface area contributed by atoms with Crippen LogP contribution < -0.4 is 10.6 Å². The monoisotopic (exact) mass is 591 g/mol. The Hall–Kier alpha value is -4.44. The van der Waals surface area contributed by atoms with Crippen LogP contribution in [0.2, 0.25) is 0 Å². The zero-order valence-electron chi connectivity index (χ0n) is 24.4. The van der Waals surface area contributed by atoms with Gasteiger partial charge in [0.05, 0.1) is 24.6 Å². The molecule has 0 bridgehead atoms. The number of benzene rings is 2. The Labute approximate surface area is 252 Å². The molecule has 1 aliphatic heterocycles. The number of hydrogen-bond donors (Lipinski definition) is 3. The number of aliphatic hydroxyl groups is 1. The van der Waals surface area contributed by atoms with Crippen molar-refractivity contribution in [2.45, 2.75) is 56.8 Å². The van der Waals surface area contributed by atoms with Gasteiger partial charge in [-0.05, 0) is 36.8 Å². The smallest absolute Gasteiger partial charge is 0.408 e. The summed E-state index contributed by atoms with van der Waals surface area (Å²) in [6, 6.07) is 16.2. The van der Waals surface area contributed by atoms with Gasteiger partial charge in [0.2, 0.25) is 11.8 Å². The molecular formula is C33H41N3O7. The van der Waals surface area contributed by atoms with E-state index in [1.165, 1.54) is 6.08 Å². The SMILES string of the molecule is C=CC[C@H](CC(=O)N1CCC[C@H]1CO)C(=O)N[C@H](COC(=O)[C@@H](CC=C)NC(=O)OCc1ccccc1)c1ccccc1. The van der Waals surface area contributed by atoms with Gasteiger partial charge in [-0.25, -0.2) is 9.59 Å². The fourth-order valence-electron chi connectivity index (χ4n) is 4.92. The van der Waals surface area contributed by atoms with Crippen LogP contribution in [-0.2, 0) is 30.5 Å². The van der Waals surface area contributed by atoms with Gasteiger partial charge in [-0.1, -0.05) is 72.8 Å². The van der Waals surface area contributed by atoms with Gasteiger partial charge in [-0.2, -0.15) is 0 Å². The molecule has 0 aliphatic carbocycles. The summed E-state index contributed by atoms with van der Waals surface area (Å²) in [5.41, 5.74) is 1.50. The van der Waals surface area contributed by atoms with E-state index in [2.05, 4.69) is 23.8 Å². The first-order valence-electron chi connectivity index (χ1n) is 14.5. The molecule has 10 heteroatoms. The lowest BCUT2D eigenvalue weighted by molar-refractivity contribution is -0.147. The van der Waals surface area contributed by atoms with Crippen molar-refractivity contribution in [2.24, 2.45) is 5.92 Å². The second-order valence-electron chi connectivity index (χ2n) is 10.4. The molecule has 3 N–H and O–H groups in total. The third-order valence-corrected chi connectivity index (χ3v) is 7.25. The minimum Gasteiger partial charge on any atom is -0.462 e. The largest absolute Gasteiger partial charge is 0.462 e. The van der Waals surface area contributed by atoms with Gasteiger partial charge in [-0.3, -0.25) is 9.59 Å². The van der Waals surface area contributed by atoms with Crippen LogP contribution >= 0.6 is 0 Å². The quantitative estimate of drug-likeness (QED) is 0.200. The third kappa shape index (κ3) is 10.4. The average Bonchev–Trinajstić information content (AvgIpc) is 3.51. The normalized spacial score (nSPS) is 16.3. The number of carbonyl (C=O) groups is 4. The molecule has 10 nitrogen and oxygen atoms in total. The molecule has 3 rings (SSSR count). The first-order valence-corrected chi connectivity index (χ1v) is 14.5. The van der Waals surface area contributed by atoms with Gasteiger partial charge in [0.1, 0.15) is 19.3 Å². The first kappa shape index (κ1) is 33.1. The molecule has 3 amide bonds. The van der Waals surface area contributed by atoms with E-state index in [9.17, 15) is 24.3 Å². The van der Waals surface area contributed by atoms with Crippen molar-refractivity contribution in [2.75, 3.05) is 19.8 Å². The van der Waals surface area contributed by atoms with Crippen molar-refractivity contribution in [3.8, 4) is 0 Å². The Morgan fingerprint density at radius 1 is 0.953 bits per heavy atom. The molecule has 2 aromatic rings. The summed E-state index contributed by atoms with van der Waals surface area (Å²) in [6.07, 6.45) is 4.18. The van der Waals surface area contributed by atoms with Crippen LogP contribution in [0.3, 0.4) is 0 Å². The number of alkyl carbamates (subject to hydrolysis) is 1. The highest BCUT2D eigenvalue weighted by molar-refractivity contribution is 5.86. The molecule has 0 unspecified atom stereocenters. The van der Waals surface area contributed by atoms with Gasteiger partial charge in [0.25, 0.3) is 0 Å². The number of allylic oxidation sites excluding steroid dienone is 1. The second kappa shape index (κ2) is 17.5. The van der Waals surface area contributed by atoms with Gasteiger partial charge in [-0.15, -0.1) is 13.2 Å². The summed E-state index contributed by atoms with van der Waals surface area (Å²) in [5.74, 6) is -1.99. The highest BCUT2D eigenvalue weighted by atomic mass is 16.6. The highest BCUT2D eigenvalue weighted by Gasteiger charge is 2.32. The molecule has 2 aromatic carbocycles. The molecule has 1 fully saturated rings. The number of esters is 1. The van der Waals surface area contributed by atoms with E-state index in [1.54, 1.807) is 35.2 Å². The topological polar surface area (TPSA) is 134 Å². The summed E-state index contributed by atoms with van der Waals surface area (Å²) in [7, 11) is 0. The van der Waals surface area contributed by atoms with Crippen LogP contribution in [0.5, 0.6) is 0 Å². The third-order valence-electron chi connectivity index (χ3n) is 7.25. The summed E-state index contributed by atoms with van der Waals surface area (Å²) >= 11 is 0. The molecule has 43 heavy (non-hydrogen) atoms. The number of nitrogens with zero attached hydrogens (tertiary/aromatic N) is 1. The van der Waals surface area contributed by atoms with Crippen molar-refractivity contribution in [3.05, 3.63) is 97.1 Å². The maximum Gasteiger partial charge on any atom is 0.408 e. The maximum absolute atomic E-state index is 13.4. The van der Waals surface area contributed by atoms with Crippen molar-refractivity contribution < 1.29 is 33.8 Å². The minimum atomic E-state index is -1.04. The van der Waals surface area contributed by atoms with E-state index in [0.717, 1.165) is 18.4 Å². The number of hydrogen-bond acceptors (Lipinski definition) is 7. The molecule has 4 atom stereocenters. The number of amides is 3. The second-order valence-corrected chi connectivity index (χ2v) is 10.4. The molecule has 230 valence electrons. The van der Waals surface area contributed by atoms with E-state index in [-0.39, 0.29) is 56.9 Å². The standard InChI is InChI=1S/C33H41N3O7/c1-3-12-26(20-30(38)36-19-11-18-27(36)21-37)31(39)34-29(25-16-9-6-10-17-25)23-42-32(40)28(13-4-2)35-33(41)43-22-24-14-7-5-8-15-24/h3-10,14-17,26-29,37H,1-2,11-13,18-23H2,(H,34,39)(H,35,41)/t26-,27+,28-,29-/m1/s1. The molecular weight excluding hydrogens is 550 g/mol. The average molecular weight is 592 g/mol. The van der Waals surface area contributed by atoms with E-state index in [0.29, 0.717) is 12.1 Å². The lowest BCUT2D eigenvalue weighted by Crippen LogP contribution is -2.44. The molecule has 0 spiro atoms. The van der Waals surface area contributed by atoms with Gasteiger partial charge in [0.15, 0.2) is 0 Å². The van der Waals surface area contributed by atoms with Crippen LogP contribution in [-0.4, -0.2) is 65.7 Å². The van der Waals surface area contributed by atoms with Crippen LogP contribution in [0, 0.1) is 5.92 Å². The minimum absolute atomic E-state index is 0.0356. The number of carbonyl (C=O) groups excluding carboxylic acids is 4. The van der Waals surface area contributed by atoms with Crippen LogP contribution in [0.1, 0.15) is 49.3 Å². The van der Waals surface area contributed by atoms with Gasteiger partial charge >= 0.3 is 12.1 Å². The predicted octanol–water partition coefficient (Wildman–Crippen LogP) is 3.82. The Morgan fingerprint density at radius 2 is 1.63 bits per heavy atom. The Kier molecular flexibility index (Phi) is 13.5. The lowest BCUT2D eigenvalue weighted by Gasteiger charge is -2.26. The fourth-order valence-corrected chi connectivity index (χ4v) is 4.92. The summed E-state index contributed by atoms with van der Waals surface area (Å²) in [5, 5.41) is 15.1. The fraction of sp³-hybridized carbons (Fsp3) is 0.394. The predicted molar refractivity (Wildman–Crippen MR) is 161 cm³/mol. The highest BCUT2D eigenvalue weighted by Crippen LogP contribution is 2.22. The zero-order valence-corrected chi connectivity index (χ0v) is 24.4. The van der Waals surface area contributed by atoms with Crippen LogP contribution in [0.25, 0.3) is 0 Å². The van der Waals surface area contributed by atoms with Gasteiger partial charge < -0.3 is 30.1 Å². The number of nitrogens with one attached hydrogen (secondary N) is 2. The number of ether oxygens (including phenoxy) is 2. The molecule has 1 saturated heterocycles. The molecule has 0 radical (unpaired) electrons. The Bertz CT molecular complexity index is 1220. The summed E-state index contributed by atoms with van der Waals surface area (Å²) in [4.78, 5) is 53.5. The maximum atomic E-state index is 13.4. The van der Waals surface area contributed by atoms with Crippen molar-refractivity contribution in [3.63, 3.8) is 0 Å².